The number of hydrogen-bond donors (Lipinski definition) is 3. The van der Waals surface area contributed by atoms with Gasteiger partial charge in [0.15, 0.2) is 0 Å². The van der Waals surface area contributed by atoms with E-state index < -0.39 is 12.1 Å². The molecule has 0 spiro atoms. The molecule has 3 aromatic rings. The summed E-state index contributed by atoms with van der Waals surface area (Å²) < 4.78 is 31.7. The van der Waals surface area contributed by atoms with Crippen LogP contribution in [-0.4, -0.2) is 39.7 Å². The Morgan fingerprint density at radius 3 is 2.41 bits per heavy atom. The summed E-state index contributed by atoms with van der Waals surface area (Å²) in [6.07, 6.45) is -0.162. The van der Waals surface area contributed by atoms with Crippen LogP contribution in [0.4, 0.5) is 13.2 Å². The number of nitrogens with one attached hydrogen (secondary N) is 2. The Morgan fingerprint density at radius 2 is 1.81 bits per heavy atom. The molecule has 1 amide bonds. The molecule has 32 heavy (non-hydrogen) atoms. The van der Waals surface area contributed by atoms with E-state index in [4.69, 9.17) is 9.90 Å². The van der Waals surface area contributed by atoms with Gasteiger partial charge in [0.1, 0.15) is 0 Å². The Morgan fingerprint density at radius 1 is 1.12 bits per heavy atom. The fourth-order valence-electron chi connectivity index (χ4n) is 3.34. The summed E-state index contributed by atoms with van der Waals surface area (Å²) in [6, 6.07) is 14.6. The van der Waals surface area contributed by atoms with Crippen LogP contribution in [0.2, 0.25) is 0 Å². The smallest absolute Gasteiger partial charge is 0.475 e. The summed E-state index contributed by atoms with van der Waals surface area (Å²) in [6.45, 7) is 2.88. The topological polar surface area (TPSA) is 95.1 Å². The van der Waals surface area contributed by atoms with Gasteiger partial charge < -0.3 is 15.4 Å². The van der Waals surface area contributed by atoms with Gasteiger partial charge in [0, 0.05) is 41.7 Å². The normalized spacial score (nSPS) is 12.9. The summed E-state index contributed by atoms with van der Waals surface area (Å²) in [4.78, 5) is 28.8. The van der Waals surface area contributed by atoms with Crippen LogP contribution >= 0.6 is 0 Å². The molecule has 6 nitrogen and oxygen atoms in total. The van der Waals surface area contributed by atoms with Crippen molar-refractivity contribution in [1.29, 1.82) is 0 Å². The summed E-state index contributed by atoms with van der Waals surface area (Å²) in [5, 5.41) is 10.0. The van der Waals surface area contributed by atoms with Gasteiger partial charge in [-0.2, -0.15) is 13.2 Å². The zero-order valence-electron chi connectivity index (χ0n) is 17.3. The van der Waals surface area contributed by atoms with Gasteiger partial charge in [0.25, 0.3) is 5.91 Å². The standard InChI is InChI=1S/C21H21N3O.C2HF3O2/c1-2-3-14-4-6-15(7-5-14)19-12-16(8-10-22-19)20-13-17-18(24-20)9-11-23-21(17)25;3-2(4,5)1(6)7/h4-8,10,12-13,24H,2-3,9,11H2,1H3,(H,23,25);(H,6,7). The molecular weight excluding hydrogens is 423 g/mol. The van der Waals surface area contributed by atoms with Crippen LogP contribution in [0.3, 0.4) is 0 Å². The number of alkyl halides is 3. The molecule has 4 rings (SSSR count). The lowest BCUT2D eigenvalue weighted by molar-refractivity contribution is -0.192. The van der Waals surface area contributed by atoms with Crippen molar-refractivity contribution in [3.8, 4) is 22.5 Å². The lowest BCUT2D eigenvalue weighted by Gasteiger charge is -2.11. The van der Waals surface area contributed by atoms with Crippen molar-refractivity contribution >= 4 is 11.9 Å². The lowest BCUT2D eigenvalue weighted by Crippen LogP contribution is -2.31. The number of carboxylic acids is 1. The lowest BCUT2D eigenvalue weighted by atomic mass is 10.0. The van der Waals surface area contributed by atoms with Crippen LogP contribution in [0.15, 0.2) is 48.7 Å². The molecule has 1 aliphatic heterocycles. The maximum atomic E-state index is 12.0. The predicted octanol–water partition coefficient (Wildman–Crippen LogP) is 4.62. The molecule has 2 aromatic heterocycles. The van der Waals surface area contributed by atoms with Crippen molar-refractivity contribution < 1.29 is 27.9 Å². The van der Waals surface area contributed by atoms with E-state index in [2.05, 4.69) is 52.5 Å². The summed E-state index contributed by atoms with van der Waals surface area (Å²) >= 11 is 0. The number of carboxylic acid groups (broad SMARTS) is 1. The number of halogens is 3. The molecule has 0 unspecified atom stereocenters. The summed E-state index contributed by atoms with van der Waals surface area (Å²) in [5.74, 6) is -2.75. The molecule has 0 atom stereocenters. The first-order valence-electron chi connectivity index (χ1n) is 10.0. The number of rotatable bonds is 4. The van der Waals surface area contributed by atoms with Crippen molar-refractivity contribution in [2.24, 2.45) is 0 Å². The quantitative estimate of drug-likeness (QED) is 0.546. The van der Waals surface area contributed by atoms with Gasteiger partial charge in [0.05, 0.1) is 11.3 Å². The summed E-state index contributed by atoms with van der Waals surface area (Å²) in [7, 11) is 0. The van der Waals surface area contributed by atoms with Crippen LogP contribution in [0, 0.1) is 0 Å². The second-order valence-corrected chi connectivity index (χ2v) is 7.26. The number of H-pyrrole nitrogens is 1. The molecule has 0 saturated carbocycles. The molecule has 0 aliphatic carbocycles. The van der Waals surface area contributed by atoms with E-state index in [1.54, 1.807) is 0 Å². The SMILES string of the molecule is CCCc1ccc(-c2cc(-c3cc4c([nH]3)CCNC4=O)ccn2)cc1.O=C(O)C(F)(F)F. The van der Waals surface area contributed by atoms with Gasteiger partial charge in [-0.3, -0.25) is 9.78 Å². The molecule has 3 heterocycles. The van der Waals surface area contributed by atoms with Crippen LogP contribution < -0.4 is 5.32 Å². The minimum atomic E-state index is -5.08. The Labute approximate surface area is 182 Å². The monoisotopic (exact) mass is 445 g/mol. The number of nitrogens with zero attached hydrogens (tertiary/aromatic N) is 1. The van der Waals surface area contributed by atoms with Gasteiger partial charge in [-0.15, -0.1) is 0 Å². The number of aliphatic carboxylic acids is 1. The molecular formula is C23H22F3N3O3. The number of pyridine rings is 1. The number of aryl methyl sites for hydroxylation is 1. The van der Waals surface area contributed by atoms with Crippen molar-refractivity contribution in [3.63, 3.8) is 0 Å². The molecule has 168 valence electrons. The minimum absolute atomic E-state index is 0.00421. The molecule has 0 saturated heterocycles. The third-order valence-corrected chi connectivity index (χ3v) is 4.91. The van der Waals surface area contributed by atoms with Crippen LogP contribution in [0.25, 0.3) is 22.5 Å². The number of fused-ring (bicyclic) bond motifs is 1. The molecule has 9 heteroatoms. The second kappa shape index (κ2) is 9.67. The summed E-state index contributed by atoms with van der Waals surface area (Å²) in [5.41, 5.74) is 7.18. The first-order chi connectivity index (χ1) is 15.2. The molecule has 1 aromatic carbocycles. The van der Waals surface area contributed by atoms with Crippen LogP contribution in [0.5, 0.6) is 0 Å². The zero-order chi connectivity index (χ0) is 23.3. The third-order valence-electron chi connectivity index (χ3n) is 4.91. The average molecular weight is 445 g/mol. The number of carbonyl (C=O) groups excluding carboxylic acids is 1. The Kier molecular flexibility index (Phi) is 6.97. The van der Waals surface area contributed by atoms with Crippen molar-refractivity contribution in [2.45, 2.75) is 32.4 Å². The van der Waals surface area contributed by atoms with Crippen molar-refractivity contribution in [2.75, 3.05) is 6.54 Å². The predicted molar refractivity (Wildman–Crippen MR) is 113 cm³/mol. The van der Waals surface area contributed by atoms with Gasteiger partial charge in [-0.05, 0) is 30.2 Å². The molecule has 1 aliphatic rings. The largest absolute Gasteiger partial charge is 0.490 e. The zero-order valence-corrected chi connectivity index (χ0v) is 17.3. The van der Waals surface area contributed by atoms with Gasteiger partial charge in [0.2, 0.25) is 0 Å². The first-order valence-corrected chi connectivity index (χ1v) is 10.0. The minimum Gasteiger partial charge on any atom is -0.475 e. The van der Waals surface area contributed by atoms with Crippen LogP contribution in [0.1, 0.15) is 35.0 Å². The molecule has 3 N–H and O–H groups in total. The third kappa shape index (κ3) is 5.54. The fraction of sp³-hybridized carbons (Fsp3) is 0.261. The van der Waals surface area contributed by atoms with Gasteiger partial charge in [-0.25, -0.2) is 4.79 Å². The van der Waals surface area contributed by atoms with Gasteiger partial charge in [-0.1, -0.05) is 37.6 Å². The van der Waals surface area contributed by atoms with E-state index in [0.29, 0.717) is 6.54 Å². The number of aromatic nitrogens is 2. The molecule has 0 fully saturated rings. The van der Waals surface area contributed by atoms with E-state index in [1.165, 1.54) is 5.56 Å². The Balaban J connectivity index is 0.000000360. The highest BCUT2D eigenvalue weighted by atomic mass is 19.4. The van der Waals surface area contributed by atoms with Crippen molar-refractivity contribution in [3.05, 3.63) is 65.5 Å². The Bertz CT molecular complexity index is 1110. The van der Waals surface area contributed by atoms with Gasteiger partial charge >= 0.3 is 12.1 Å². The maximum absolute atomic E-state index is 12.0. The fourth-order valence-corrected chi connectivity index (χ4v) is 3.34. The average Bonchev–Trinajstić information content (AvgIpc) is 3.20. The number of hydrogen-bond acceptors (Lipinski definition) is 3. The second-order valence-electron chi connectivity index (χ2n) is 7.26. The van der Waals surface area contributed by atoms with E-state index in [-0.39, 0.29) is 5.91 Å². The highest BCUT2D eigenvalue weighted by Crippen LogP contribution is 2.27. The number of carbonyl (C=O) groups is 2. The molecule has 0 radical (unpaired) electrons. The first kappa shape index (κ1) is 23.1. The number of aromatic amines is 1. The van der Waals surface area contributed by atoms with E-state index in [0.717, 1.165) is 53.0 Å². The van der Waals surface area contributed by atoms with Crippen LogP contribution in [-0.2, 0) is 17.6 Å². The Hall–Kier alpha value is -3.62. The number of amides is 1. The van der Waals surface area contributed by atoms with E-state index in [9.17, 15) is 18.0 Å². The highest BCUT2D eigenvalue weighted by molar-refractivity contribution is 5.97. The van der Waals surface area contributed by atoms with Crippen molar-refractivity contribution in [1.82, 2.24) is 15.3 Å². The van der Waals surface area contributed by atoms with E-state index >= 15 is 0 Å². The number of benzene rings is 1. The molecule has 0 bridgehead atoms. The highest BCUT2D eigenvalue weighted by Gasteiger charge is 2.38. The van der Waals surface area contributed by atoms with E-state index in [1.807, 2.05) is 18.3 Å². The maximum Gasteiger partial charge on any atom is 0.490 e.